The average molecular weight is 379 g/mol. The maximum Gasteiger partial charge on any atom is 0.255 e. The van der Waals surface area contributed by atoms with Gasteiger partial charge < -0.3 is 9.73 Å². The summed E-state index contributed by atoms with van der Waals surface area (Å²) < 4.78 is 7.07. The van der Waals surface area contributed by atoms with Crippen molar-refractivity contribution in [1.82, 2.24) is 25.0 Å². The molecule has 1 atom stereocenters. The van der Waals surface area contributed by atoms with Crippen LogP contribution in [0.4, 0.5) is 0 Å². The Morgan fingerprint density at radius 2 is 2.00 bits per heavy atom. The van der Waals surface area contributed by atoms with Gasteiger partial charge in [-0.05, 0) is 49.6 Å². The number of nitrogens with one attached hydrogen (secondary N) is 1. The third-order valence-corrected chi connectivity index (χ3v) is 5.43. The third-order valence-electron chi connectivity index (χ3n) is 5.43. The Hall–Kier alpha value is -2.93. The Morgan fingerprint density at radius 3 is 2.68 bits per heavy atom. The van der Waals surface area contributed by atoms with Crippen molar-refractivity contribution in [2.24, 2.45) is 7.05 Å². The number of amides is 1. The van der Waals surface area contributed by atoms with Crippen LogP contribution < -0.4 is 5.32 Å². The van der Waals surface area contributed by atoms with Crippen LogP contribution in [0.5, 0.6) is 0 Å². The Labute approximate surface area is 164 Å². The van der Waals surface area contributed by atoms with Gasteiger partial charge in [0.05, 0.1) is 11.8 Å². The summed E-state index contributed by atoms with van der Waals surface area (Å²) in [5, 5.41) is 7.56. The van der Waals surface area contributed by atoms with E-state index in [-0.39, 0.29) is 11.9 Å². The lowest BCUT2D eigenvalue weighted by atomic mass is 10.0. The summed E-state index contributed by atoms with van der Waals surface area (Å²) in [7, 11) is 1.81. The number of nitrogens with zero attached hydrogens (tertiary/aromatic N) is 4. The molecule has 0 spiro atoms. The van der Waals surface area contributed by atoms with Crippen LogP contribution in [0.2, 0.25) is 0 Å². The molecular formula is C21H25N5O2. The molecule has 1 unspecified atom stereocenters. The minimum atomic E-state index is -0.0971. The normalized spacial score (nSPS) is 16.8. The van der Waals surface area contributed by atoms with Crippen LogP contribution in [-0.4, -0.2) is 44.7 Å². The zero-order chi connectivity index (χ0) is 19.5. The Bertz CT molecular complexity index is 912. The second kappa shape index (κ2) is 7.98. The molecular weight excluding hydrogens is 354 g/mol. The number of hydrogen-bond donors (Lipinski definition) is 1. The number of furan rings is 1. The van der Waals surface area contributed by atoms with E-state index in [0.717, 1.165) is 25.9 Å². The van der Waals surface area contributed by atoms with Gasteiger partial charge in [0.1, 0.15) is 5.69 Å². The zero-order valence-corrected chi connectivity index (χ0v) is 16.2. The van der Waals surface area contributed by atoms with Gasteiger partial charge in [-0.2, -0.15) is 5.10 Å². The quantitative estimate of drug-likeness (QED) is 0.737. The summed E-state index contributed by atoms with van der Waals surface area (Å²) in [5.74, 6) is 0.506. The molecule has 7 nitrogen and oxygen atoms in total. The van der Waals surface area contributed by atoms with Gasteiger partial charge in [0.15, 0.2) is 5.76 Å². The van der Waals surface area contributed by atoms with Gasteiger partial charge in [-0.1, -0.05) is 0 Å². The summed E-state index contributed by atoms with van der Waals surface area (Å²) in [5.41, 5.74) is 2.40. The lowest BCUT2D eigenvalue weighted by Crippen LogP contribution is -2.45. The maximum absolute atomic E-state index is 12.9. The molecule has 3 aromatic heterocycles. The summed E-state index contributed by atoms with van der Waals surface area (Å²) >= 11 is 0. The molecule has 4 rings (SSSR count). The highest BCUT2D eigenvalue weighted by Crippen LogP contribution is 2.25. The van der Waals surface area contributed by atoms with E-state index in [2.05, 4.69) is 39.4 Å². The van der Waals surface area contributed by atoms with Crippen molar-refractivity contribution < 1.29 is 9.21 Å². The highest BCUT2D eigenvalue weighted by molar-refractivity contribution is 5.99. The summed E-state index contributed by atoms with van der Waals surface area (Å²) in [4.78, 5) is 19.4. The first-order chi connectivity index (χ1) is 13.6. The summed E-state index contributed by atoms with van der Waals surface area (Å²) in [6.07, 6.45) is 8.86. The zero-order valence-electron chi connectivity index (χ0n) is 16.2. The van der Waals surface area contributed by atoms with E-state index < -0.39 is 0 Å². The highest BCUT2D eigenvalue weighted by atomic mass is 16.3. The monoisotopic (exact) mass is 379 g/mol. The molecule has 146 valence electrons. The molecule has 1 N–H and O–H groups in total. The van der Waals surface area contributed by atoms with Gasteiger partial charge in [0, 0.05) is 50.8 Å². The Morgan fingerprint density at radius 1 is 1.25 bits per heavy atom. The van der Waals surface area contributed by atoms with Crippen LogP contribution in [0.15, 0.2) is 53.5 Å². The molecule has 0 aromatic carbocycles. The number of pyridine rings is 1. The lowest BCUT2D eigenvalue weighted by molar-refractivity contribution is 0.0896. The smallest absolute Gasteiger partial charge is 0.255 e. The molecule has 28 heavy (non-hydrogen) atoms. The second-order valence-corrected chi connectivity index (χ2v) is 7.28. The number of carbonyl (C=O) groups excluding carboxylic acids is 1. The minimum Gasteiger partial charge on any atom is -0.463 e. The van der Waals surface area contributed by atoms with Crippen molar-refractivity contribution >= 4 is 5.91 Å². The van der Waals surface area contributed by atoms with E-state index in [0.29, 0.717) is 23.1 Å². The van der Waals surface area contributed by atoms with Crippen LogP contribution in [-0.2, 0) is 7.05 Å². The number of aromatic nitrogens is 3. The van der Waals surface area contributed by atoms with Crippen molar-refractivity contribution in [3.8, 4) is 11.5 Å². The fraction of sp³-hybridized carbons (Fsp3) is 0.381. The van der Waals surface area contributed by atoms with Crippen LogP contribution in [0.3, 0.4) is 0 Å². The molecule has 4 heterocycles. The van der Waals surface area contributed by atoms with Gasteiger partial charge in [0.25, 0.3) is 5.91 Å². The standard InChI is InChI=1S/C21H25N5O2/c1-15(16-5-9-22-10-6-16)26-11-7-17(8-12-26)23-21(27)18-14-25(2)24-20(18)19-4-3-13-28-19/h3-6,9-10,13-15,17H,7-8,11-12H2,1-2H3,(H,23,27). The van der Waals surface area contributed by atoms with E-state index in [4.69, 9.17) is 4.42 Å². The third kappa shape index (κ3) is 3.84. The van der Waals surface area contributed by atoms with Crippen molar-refractivity contribution in [2.75, 3.05) is 13.1 Å². The lowest BCUT2D eigenvalue weighted by Gasteiger charge is -2.36. The number of carbonyl (C=O) groups is 1. The van der Waals surface area contributed by atoms with Gasteiger partial charge >= 0.3 is 0 Å². The topological polar surface area (TPSA) is 76.2 Å². The summed E-state index contributed by atoms with van der Waals surface area (Å²) in [6, 6.07) is 8.26. The molecule has 1 amide bonds. The van der Waals surface area contributed by atoms with Gasteiger partial charge in [-0.25, -0.2) is 0 Å². The SMILES string of the molecule is CC(c1ccncc1)N1CCC(NC(=O)c2cn(C)nc2-c2ccco2)CC1. The molecule has 3 aromatic rings. The van der Waals surface area contributed by atoms with Gasteiger partial charge in [-0.3, -0.25) is 19.4 Å². The molecule has 7 heteroatoms. The molecule has 1 aliphatic heterocycles. The Kier molecular flexibility index (Phi) is 5.25. The first-order valence-electron chi connectivity index (χ1n) is 9.64. The van der Waals surface area contributed by atoms with E-state index >= 15 is 0 Å². The highest BCUT2D eigenvalue weighted by Gasteiger charge is 2.26. The first kappa shape index (κ1) is 18.4. The predicted octanol–water partition coefficient (Wildman–Crippen LogP) is 3.03. The van der Waals surface area contributed by atoms with Crippen molar-refractivity contribution in [3.63, 3.8) is 0 Å². The maximum atomic E-state index is 12.9. The van der Waals surface area contributed by atoms with Crippen LogP contribution in [0.25, 0.3) is 11.5 Å². The number of rotatable bonds is 5. The van der Waals surface area contributed by atoms with Gasteiger partial charge in [-0.15, -0.1) is 0 Å². The molecule has 1 fully saturated rings. The number of piperidine rings is 1. The fourth-order valence-corrected chi connectivity index (χ4v) is 3.80. The summed E-state index contributed by atoms with van der Waals surface area (Å²) in [6.45, 7) is 4.12. The molecule has 0 bridgehead atoms. The van der Waals surface area contributed by atoms with Crippen LogP contribution in [0.1, 0.15) is 41.7 Å². The van der Waals surface area contributed by atoms with E-state index in [1.165, 1.54) is 5.56 Å². The van der Waals surface area contributed by atoms with Crippen molar-refractivity contribution in [1.29, 1.82) is 0 Å². The minimum absolute atomic E-state index is 0.0971. The second-order valence-electron chi connectivity index (χ2n) is 7.28. The fourth-order valence-electron chi connectivity index (χ4n) is 3.80. The Balaban J connectivity index is 1.37. The van der Waals surface area contributed by atoms with Crippen molar-refractivity contribution in [2.45, 2.75) is 31.8 Å². The molecule has 0 aliphatic carbocycles. The average Bonchev–Trinajstić information content (AvgIpc) is 3.38. The number of likely N-dealkylation sites (tertiary alicyclic amines) is 1. The van der Waals surface area contributed by atoms with Crippen LogP contribution >= 0.6 is 0 Å². The molecule has 0 saturated carbocycles. The molecule has 1 saturated heterocycles. The first-order valence-corrected chi connectivity index (χ1v) is 9.64. The van der Waals surface area contributed by atoms with Crippen molar-refractivity contribution in [3.05, 3.63) is 60.2 Å². The van der Waals surface area contributed by atoms with Gasteiger partial charge in [0.2, 0.25) is 0 Å². The van der Waals surface area contributed by atoms with E-state index in [1.54, 1.807) is 23.2 Å². The number of hydrogen-bond acceptors (Lipinski definition) is 5. The molecule has 0 radical (unpaired) electrons. The predicted molar refractivity (Wildman–Crippen MR) is 106 cm³/mol. The van der Waals surface area contributed by atoms with E-state index in [1.807, 2.05) is 25.5 Å². The number of aryl methyl sites for hydroxylation is 1. The van der Waals surface area contributed by atoms with Crippen LogP contribution in [0, 0.1) is 0 Å². The molecule has 1 aliphatic rings. The largest absolute Gasteiger partial charge is 0.463 e. The van der Waals surface area contributed by atoms with E-state index in [9.17, 15) is 4.79 Å².